The van der Waals surface area contributed by atoms with Crippen LogP contribution in [-0.2, 0) is 102 Å². The van der Waals surface area contributed by atoms with Crippen molar-refractivity contribution >= 4 is 234 Å². The minimum Gasteiger partial charge on any atom is -0.870 e. The summed E-state index contributed by atoms with van der Waals surface area (Å²) in [6, 6.07) is 18.9. The number of aliphatic carboxylic acids is 2. The quantitative estimate of drug-likeness (QED) is 0.0131. The minimum atomic E-state index is -0.956. The number of carbonyl (C=O) groups is 13. The Hall–Kier alpha value is -9.87. The van der Waals surface area contributed by atoms with Gasteiger partial charge in [0.05, 0.1) is 80.4 Å². The van der Waals surface area contributed by atoms with Crippen LogP contribution in [0.15, 0.2) is 89.4 Å². The number of anilines is 1. The number of carboxylic acids is 2. The van der Waals surface area contributed by atoms with Gasteiger partial charge in [-0.3, -0.25) is 33.6 Å². The Balaban J connectivity index is 0.000000831. The van der Waals surface area contributed by atoms with Crippen molar-refractivity contribution in [2.75, 3.05) is 72.8 Å². The molecule has 3 amide bonds. The third-order valence-electron chi connectivity index (χ3n) is 19.4. The normalized spacial score (nSPS) is 11.8. The predicted octanol–water partition coefficient (Wildman–Crippen LogP) is 15.9. The number of benzene rings is 5. The molecule has 5 aromatic carbocycles. The Bertz CT molecular complexity index is 6140. The molecular formula is C97H129Br6ClN13NaO25. The molecule has 0 bridgehead atoms. The molecule has 0 spiro atoms. The topological polar surface area (TPSA) is 520 Å². The number of rotatable bonds is 16. The maximum absolute atomic E-state index is 12.8. The molecule has 2 saturated heterocycles. The van der Waals surface area contributed by atoms with Gasteiger partial charge in [0.2, 0.25) is 5.91 Å². The fraction of sp³-hybridized carbons (Fsp3) is 0.464. The maximum Gasteiger partial charge on any atom is 1.00 e. The molecule has 143 heavy (non-hydrogen) atoms. The van der Waals surface area contributed by atoms with Crippen molar-refractivity contribution in [2.45, 2.75) is 233 Å². The number of nitrogen functional groups attached to an aromatic ring is 1. The second kappa shape index (κ2) is 59.1. The monoisotopic (exact) mass is 2410 g/mol. The second-order valence-electron chi connectivity index (χ2n) is 35.7. The molecule has 10 aromatic rings. The van der Waals surface area contributed by atoms with Gasteiger partial charge in [-0.15, -0.1) is 5.10 Å². The molecule has 5 aromatic heterocycles. The number of nitrogens with zero attached hydrogens (tertiary/aromatic N) is 9. The van der Waals surface area contributed by atoms with E-state index in [1.807, 2.05) is 203 Å². The Labute approximate surface area is 909 Å². The van der Waals surface area contributed by atoms with Crippen LogP contribution in [0, 0.1) is 62.3 Å². The summed E-state index contributed by atoms with van der Waals surface area (Å²) >= 11 is 25.8. The number of Topliss-reactive ketones (excluding diaryl/α,β-unsaturated/α-hetero) is 1. The van der Waals surface area contributed by atoms with E-state index in [1.54, 1.807) is 40.3 Å². The standard InChI is InChI=1S/C22H28BrN3O5.C18H22BrNO4.C14H14BrNO4.C12H12BrNO2.C8H16N2O2.C7H7BrClN.C6H11BrO2.C5H8O3.C3H4N4O2.C2H6.Na.H2O/c1-12-7-14(23)8-16-18(20(28)30-6)13(2)26(19(12)16)11-17(27)24-15-9-25(10-15)21(29)31-22(3,4)5;1-10-7-12(19)8-13-15(17(22)23-6)11(2)20(16(10)13)9-14(21)24-18(3,4)5;1-7-4-9(15)5-10-12(14(19)20-3)8(2)16(13(7)10)6-11(17)18;1-6-4-8(13)5-9-10(12(15)16-3)7(2)14-11(6)9;1-8(2,3)12-7(11)10-4-6(9)5-10;1-4-2-5(9)3-6(8)7(4)10;1-6(2,3)9-5(8)4-7;1-4(6)3-5(7)8-2;8-3(9)1-7-2-4-5-6-7;1-2;;/h7-8,15H,9-11H2,1-6H3,(H,24,27);7-8H,9H2,1-6H3;4-5H,6H2,1-3H3,(H,17,18);4-5,14H,1-3H3;6H,4-5,9H2,1-3H3;2-3H,10H2,1H3;4H2,1-3H3;3H2,1-2H3;2H,1H2,(H,8,9);1-2H3;;1H2/q;;;;;;;;;;+1;/p-1. The van der Waals surface area contributed by atoms with Gasteiger partial charge in [-0.2, -0.15) is 0 Å². The molecule has 0 unspecified atom stereocenters. The average molecular weight is 2420 g/mol. The van der Waals surface area contributed by atoms with Crippen molar-refractivity contribution in [3.8, 4) is 0 Å². The number of carboxylic acid groups (broad SMARTS) is 2. The molecule has 38 nitrogen and oxygen atoms in total. The Morgan fingerprint density at radius 2 is 0.832 bits per heavy atom. The molecule has 782 valence electrons. The third kappa shape index (κ3) is 41.2. The average Bonchev–Trinajstić information content (AvgIpc) is 1.60. The first-order valence-corrected chi connectivity index (χ1v) is 49.1. The fourth-order valence-electron chi connectivity index (χ4n) is 13.8. The molecule has 0 saturated carbocycles. The number of fused-ring (bicyclic) bond motifs is 4. The number of alkyl halides is 1. The van der Waals surface area contributed by atoms with Crippen LogP contribution in [0.2, 0.25) is 5.02 Å². The number of aryl methyl sites for hydroxylation is 6. The number of tetrazole rings is 1. The van der Waals surface area contributed by atoms with Gasteiger partial charge in [-0.25, -0.2) is 33.4 Å². The van der Waals surface area contributed by atoms with Crippen LogP contribution in [-0.4, -0.2) is 244 Å². The summed E-state index contributed by atoms with van der Waals surface area (Å²) in [6.07, 6.45) is 0.489. The summed E-state index contributed by atoms with van der Waals surface area (Å²) in [7, 11) is 6.66. The van der Waals surface area contributed by atoms with Gasteiger partial charge >= 0.3 is 95.5 Å². The van der Waals surface area contributed by atoms with Crippen LogP contribution in [0.3, 0.4) is 0 Å². The molecule has 46 heteroatoms. The van der Waals surface area contributed by atoms with E-state index >= 15 is 0 Å². The van der Waals surface area contributed by atoms with Crippen molar-refractivity contribution in [2.24, 2.45) is 5.73 Å². The van der Waals surface area contributed by atoms with E-state index in [4.69, 9.17) is 71.2 Å². The molecule has 0 atom stereocenters. The van der Waals surface area contributed by atoms with E-state index in [2.05, 4.69) is 126 Å². The number of ether oxygens (including phenoxy) is 9. The van der Waals surface area contributed by atoms with Gasteiger partial charge in [0.25, 0.3) is 0 Å². The van der Waals surface area contributed by atoms with E-state index in [1.165, 1.54) is 48.8 Å². The van der Waals surface area contributed by atoms with Crippen LogP contribution in [0.25, 0.3) is 43.6 Å². The van der Waals surface area contributed by atoms with Crippen molar-refractivity contribution in [1.82, 2.24) is 54.0 Å². The van der Waals surface area contributed by atoms with E-state index in [9.17, 15) is 62.3 Å². The Kier molecular flexibility index (Phi) is 54.2. The molecule has 9 N–H and O–H groups in total. The number of ketones is 1. The largest absolute Gasteiger partial charge is 1.00 e. The molecule has 2 aliphatic heterocycles. The molecular weight excluding hydrogens is 2280 g/mol. The number of esters is 7. The summed E-state index contributed by atoms with van der Waals surface area (Å²) in [5.74, 6) is -4.93. The van der Waals surface area contributed by atoms with Crippen molar-refractivity contribution in [1.29, 1.82) is 0 Å². The number of halogens is 7. The number of hydrogen-bond acceptors (Lipinski definition) is 28. The van der Waals surface area contributed by atoms with Gasteiger partial charge < -0.3 is 104 Å². The molecule has 0 aliphatic carbocycles. The number of amides is 3. The van der Waals surface area contributed by atoms with Crippen LogP contribution in [0.4, 0.5) is 15.3 Å². The Morgan fingerprint density at radius 3 is 1.15 bits per heavy atom. The number of methoxy groups -OCH3 is 5. The van der Waals surface area contributed by atoms with Gasteiger partial charge in [0.1, 0.15) is 72.4 Å². The zero-order valence-corrected chi connectivity index (χ0v) is 98.5. The van der Waals surface area contributed by atoms with Gasteiger partial charge in [-0.1, -0.05) is 105 Å². The number of H-pyrrole nitrogens is 1. The zero-order valence-electron chi connectivity index (χ0n) is 86.2. The Morgan fingerprint density at radius 1 is 0.476 bits per heavy atom. The van der Waals surface area contributed by atoms with E-state index in [-0.39, 0.29) is 132 Å². The first kappa shape index (κ1) is 131. The fourth-order valence-corrected chi connectivity index (χ4v) is 17.1. The van der Waals surface area contributed by atoms with Gasteiger partial charge in [-0.05, 0) is 267 Å². The number of carbonyl (C=O) groups excluding carboxylic acids is 11. The number of nitrogens with two attached hydrogens (primary N) is 2. The second-order valence-corrected chi connectivity index (χ2v) is 41.2. The van der Waals surface area contributed by atoms with E-state index in [0.717, 1.165) is 104 Å². The number of aromatic nitrogens is 8. The van der Waals surface area contributed by atoms with E-state index in [0.29, 0.717) is 75.9 Å². The molecule has 12 rings (SSSR count). The molecule has 7 heterocycles. The first-order chi connectivity index (χ1) is 65.3. The zero-order chi connectivity index (χ0) is 108. The van der Waals surface area contributed by atoms with Crippen molar-refractivity contribution in [3.05, 3.63) is 167 Å². The molecule has 0 radical (unpaired) electrons. The van der Waals surface area contributed by atoms with Gasteiger partial charge in [0, 0.05) is 115 Å². The smallest absolute Gasteiger partial charge is 0.870 e. The van der Waals surface area contributed by atoms with Crippen LogP contribution in [0.5, 0.6) is 0 Å². The molecule has 2 aliphatic rings. The third-order valence-corrected chi connectivity index (χ3v) is 22.6. The summed E-state index contributed by atoms with van der Waals surface area (Å²) in [4.78, 5) is 155. The summed E-state index contributed by atoms with van der Waals surface area (Å²) < 4.78 is 55.2. The SMILES string of the molecule is CC.CC(C)(C)OC(=O)CBr.CC(C)(C)OC(=O)N1CC(N)C1.COC(=O)CC(C)=O.COC(=O)c1c(C)[nH]c2c(C)cc(Br)cc12.COC(=O)c1c(C)n(CC(=O)NC2CN(C(=O)OC(C)(C)C)C2)c2c(C)cc(Br)cc12.COC(=O)c1c(C)n(CC(=O)O)c2c(C)cc(Br)cc12.COC(=O)c1c(C)n(CC(=O)OC(C)(C)C)c2c(C)cc(Br)cc12.Cc1cc(Cl)cc(Br)c1N.O=C(O)Cn1cnnn1.[Na+].[OH-]. The van der Waals surface area contributed by atoms with Crippen LogP contribution in [0.1, 0.15) is 202 Å². The minimum absolute atomic E-state index is 0. The predicted molar refractivity (Wildman–Crippen MR) is 561 cm³/mol. The van der Waals surface area contributed by atoms with E-state index < -0.39 is 52.6 Å². The number of likely N-dealkylation sites (tertiary alicyclic amines) is 2. The molecule has 2 fully saturated rings. The summed E-state index contributed by atoms with van der Waals surface area (Å²) in [5, 5.41) is 34.1. The summed E-state index contributed by atoms with van der Waals surface area (Å²) in [6.45, 7) is 46.0. The van der Waals surface area contributed by atoms with Crippen LogP contribution < -0.4 is 46.3 Å². The summed E-state index contributed by atoms with van der Waals surface area (Å²) in [5.41, 5.74) is 23.1. The van der Waals surface area contributed by atoms with Crippen LogP contribution >= 0.6 is 107 Å². The van der Waals surface area contributed by atoms with Crippen molar-refractivity contribution in [3.63, 3.8) is 0 Å². The van der Waals surface area contributed by atoms with Gasteiger partial charge in [0.15, 0.2) is 0 Å². The van der Waals surface area contributed by atoms with Crippen molar-refractivity contribution < 1.29 is 150 Å². The first-order valence-electron chi connectivity index (χ1n) is 43.7. The maximum atomic E-state index is 12.8. The number of aromatic amines is 1. The number of hydrogen-bond donors (Lipinski definition) is 6. The number of nitrogens with one attached hydrogen (secondary N) is 2.